The highest BCUT2D eigenvalue weighted by Crippen LogP contribution is 2.45. The topological polar surface area (TPSA) is 46.9 Å². The summed E-state index contributed by atoms with van der Waals surface area (Å²) >= 11 is 6.54. The molecule has 28 heavy (non-hydrogen) atoms. The van der Waals surface area contributed by atoms with Crippen LogP contribution in [0.25, 0.3) is 0 Å². The van der Waals surface area contributed by atoms with Crippen molar-refractivity contribution in [2.45, 2.75) is 55.2 Å². The van der Waals surface area contributed by atoms with Gasteiger partial charge in [-0.1, -0.05) is 6.07 Å². The zero-order valence-corrected chi connectivity index (χ0v) is 16.8. The molecule has 2 fully saturated rings. The smallest absolute Gasteiger partial charge is 0.259 e. The molecule has 2 aromatic rings. The van der Waals surface area contributed by atoms with Crippen LogP contribution in [-0.4, -0.2) is 37.8 Å². The molecule has 4 nitrogen and oxygen atoms in total. The molecular formula is C19H22B2ClF2N3O. The number of nitrogens with one attached hydrogen (secondary N) is 1. The average molecular weight is 403 g/mol. The summed E-state index contributed by atoms with van der Waals surface area (Å²) in [5, 5.41) is 7.16. The van der Waals surface area contributed by atoms with Crippen molar-refractivity contribution in [1.29, 1.82) is 0 Å². The van der Waals surface area contributed by atoms with Crippen LogP contribution in [0.4, 0.5) is 14.5 Å². The van der Waals surface area contributed by atoms with Gasteiger partial charge < -0.3 is 5.32 Å². The molecule has 0 bridgehead atoms. The Morgan fingerprint density at radius 3 is 2.54 bits per heavy atom. The van der Waals surface area contributed by atoms with Crippen LogP contribution >= 0.6 is 11.6 Å². The number of carbonyl (C=O) groups excluding carboxylic acids is 1. The highest BCUT2D eigenvalue weighted by molar-refractivity contribution is 6.61. The van der Waals surface area contributed by atoms with E-state index in [4.69, 9.17) is 11.6 Å². The van der Waals surface area contributed by atoms with Crippen LogP contribution in [-0.2, 0) is 11.2 Å². The normalized spacial score (nSPS) is 17.1. The maximum absolute atomic E-state index is 12.9. The zero-order chi connectivity index (χ0) is 20.1. The van der Waals surface area contributed by atoms with Crippen LogP contribution in [0.2, 0.25) is 0 Å². The van der Waals surface area contributed by atoms with Gasteiger partial charge in [0.25, 0.3) is 12.3 Å². The molecule has 2 aliphatic carbocycles. The van der Waals surface area contributed by atoms with Crippen LogP contribution in [0.1, 0.15) is 64.7 Å². The van der Waals surface area contributed by atoms with Crippen LogP contribution in [0, 0.1) is 0 Å². The molecule has 9 heteroatoms. The molecule has 0 saturated heterocycles. The Bertz CT molecular complexity index is 905. The molecule has 1 N–H and O–H groups in total. The second-order valence-electron chi connectivity index (χ2n) is 8.32. The van der Waals surface area contributed by atoms with Crippen LogP contribution < -0.4 is 5.32 Å². The molecule has 2 aliphatic rings. The monoisotopic (exact) mass is 403 g/mol. The molecule has 0 unspecified atom stereocenters. The molecule has 1 amide bonds. The fourth-order valence-electron chi connectivity index (χ4n) is 3.62. The minimum atomic E-state index is -2.50. The zero-order valence-electron chi connectivity index (χ0n) is 16.0. The Morgan fingerprint density at radius 2 is 1.96 bits per heavy atom. The maximum Gasteiger partial charge on any atom is 0.259 e. The highest BCUT2D eigenvalue weighted by Gasteiger charge is 2.33. The number of rotatable bonds is 7. The molecule has 0 radical (unpaired) electrons. The first-order valence-electron chi connectivity index (χ1n) is 9.72. The van der Waals surface area contributed by atoms with Crippen molar-refractivity contribution in [2.24, 2.45) is 0 Å². The van der Waals surface area contributed by atoms with E-state index in [1.807, 2.05) is 33.9 Å². The van der Waals surface area contributed by atoms with Gasteiger partial charge in [-0.25, -0.2) is 8.78 Å². The second kappa shape index (κ2) is 7.21. The first kappa shape index (κ1) is 19.5. The molecule has 1 heterocycles. The summed E-state index contributed by atoms with van der Waals surface area (Å²) < 4.78 is 26.1. The Labute approximate surface area is 169 Å². The number of aromatic nitrogens is 2. The van der Waals surface area contributed by atoms with Crippen molar-refractivity contribution < 1.29 is 13.6 Å². The standard InChI is InChI=1S/C19H22B2ClF2N3O/c20-19(21,22)15-6-5-12(7-13(15)10-1-2-10)25-18(28)14-8-27(9-16(23)24)26-17(14)11-3-4-11/h5-8,10-11,16H,1-4,9,20-21H2,(H,25,28). The number of benzene rings is 1. The summed E-state index contributed by atoms with van der Waals surface area (Å²) in [6.07, 6.45) is 3.07. The van der Waals surface area contributed by atoms with E-state index in [0.717, 1.165) is 31.2 Å². The van der Waals surface area contributed by atoms with Gasteiger partial charge in [-0.3, -0.25) is 9.48 Å². The third-order valence-corrected chi connectivity index (χ3v) is 5.49. The van der Waals surface area contributed by atoms with Gasteiger partial charge in [0.15, 0.2) is 0 Å². The summed E-state index contributed by atoms with van der Waals surface area (Å²) in [6, 6.07) is 5.82. The Morgan fingerprint density at radius 1 is 1.29 bits per heavy atom. The van der Waals surface area contributed by atoms with E-state index in [1.54, 1.807) is 0 Å². The molecule has 1 aromatic heterocycles. The third-order valence-electron chi connectivity index (χ3n) is 5.29. The quantitative estimate of drug-likeness (QED) is 0.571. The van der Waals surface area contributed by atoms with Gasteiger partial charge in [-0.15, -0.1) is 11.6 Å². The summed E-state index contributed by atoms with van der Waals surface area (Å²) in [5.74, 6) is 0.379. The molecule has 0 aliphatic heterocycles. The molecular weight excluding hydrogens is 381 g/mol. The summed E-state index contributed by atoms with van der Waals surface area (Å²) in [7, 11) is 3.93. The van der Waals surface area contributed by atoms with Crippen molar-refractivity contribution >= 4 is 38.9 Å². The molecule has 0 spiro atoms. The minimum Gasteiger partial charge on any atom is -0.322 e. The predicted octanol–water partition coefficient (Wildman–Crippen LogP) is 2.77. The Hall–Kier alpha value is -1.82. The van der Waals surface area contributed by atoms with Gasteiger partial charge in [0.05, 0.1) is 11.3 Å². The Kier molecular flexibility index (Phi) is 5.02. The van der Waals surface area contributed by atoms with Crippen molar-refractivity contribution in [1.82, 2.24) is 9.78 Å². The van der Waals surface area contributed by atoms with Gasteiger partial charge in [-0.2, -0.15) is 5.10 Å². The third kappa shape index (κ3) is 4.27. The van der Waals surface area contributed by atoms with Crippen molar-refractivity contribution in [2.75, 3.05) is 5.32 Å². The first-order chi connectivity index (χ1) is 13.2. The van der Waals surface area contributed by atoms with E-state index < -0.39 is 17.6 Å². The van der Waals surface area contributed by atoms with E-state index in [-0.39, 0.29) is 11.8 Å². The number of nitrogens with zero attached hydrogens (tertiary/aromatic N) is 2. The molecule has 1 aromatic carbocycles. The minimum absolute atomic E-state index is 0.195. The molecule has 2 saturated carbocycles. The average Bonchev–Trinajstić information content (AvgIpc) is 3.50. The number of anilines is 1. The van der Waals surface area contributed by atoms with Gasteiger partial charge in [-0.05, 0) is 54.9 Å². The van der Waals surface area contributed by atoms with E-state index in [1.165, 1.54) is 16.4 Å². The number of halogens is 3. The fraction of sp³-hybridized carbons (Fsp3) is 0.474. The van der Waals surface area contributed by atoms with E-state index in [9.17, 15) is 13.6 Å². The number of hydrogen-bond donors (Lipinski definition) is 1. The lowest BCUT2D eigenvalue weighted by molar-refractivity contribution is 0.102. The van der Waals surface area contributed by atoms with Crippen LogP contribution in [0.5, 0.6) is 0 Å². The fourth-order valence-corrected chi connectivity index (χ4v) is 3.79. The summed E-state index contributed by atoms with van der Waals surface area (Å²) in [6.45, 7) is -0.502. The molecule has 146 valence electrons. The molecule has 4 rings (SSSR count). The van der Waals surface area contributed by atoms with Crippen LogP contribution in [0.15, 0.2) is 24.4 Å². The SMILES string of the molecule is BC(B)(Cl)c1ccc(NC(=O)c2cn(CC(F)F)nc2C2CC2)cc1C1CC1. The number of carbonyl (C=O) groups is 1. The number of amides is 1. The summed E-state index contributed by atoms with van der Waals surface area (Å²) in [5.41, 5.74) is 3.96. The van der Waals surface area contributed by atoms with Crippen molar-refractivity contribution in [3.05, 3.63) is 46.8 Å². The summed E-state index contributed by atoms with van der Waals surface area (Å²) in [4.78, 5) is 12.9. The predicted molar refractivity (Wildman–Crippen MR) is 111 cm³/mol. The number of hydrogen-bond acceptors (Lipinski definition) is 2. The number of alkyl halides is 3. The lowest BCUT2D eigenvalue weighted by Crippen LogP contribution is -2.21. The van der Waals surface area contributed by atoms with Crippen molar-refractivity contribution in [3.8, 4) is 0 Å². The van der Waals surface area contributed by atoms with Gasteiger partial charge in [0.1, 0.15) is 22.2 Å². The lowest BCUT2D eigenvalue weighted by atomic mass is 9.64. The van der Waals surface area contributed by atoms with E-state index in [2.05, 4.69) is 10.4 Å². The van der Waals surface area contributed by atoms with E-state index in [0.29, 0.717) is 22.9 Å². The maximum atomic E-state index is 12.9. The van der Waals surface area contributed by atoms with Gasteiger partial charge >= 0.3 is 0 Å². The largest absolute Gasteiger partial charge is 0.322 e. The lowest BCUT2D eigenvalue weighted by Gasteiger charge is -2.22. The van der Waals surface area contributed by atoms with Crippen LogP contribution in [0.3, 0.4) is 0 Å². The molecule has 0 atom stereocenters. The highest BCUT2D eigenvalue weighted by atomic mass is 35.5. The second-order valence-corrected chi connectivity index (χ2v) is 9.26. The Balaban J connectivity index is 1.59. The van der Waals surface area contributed by atoms with E-state index >= 15 is 0 Å². The van der Waals surface area contributed by atoms with Gasteiger partial charge in [0, 0.05) is 22.5 Å². The first-order valence-corrected chi connectivity index (χ1v) is 10.1. The van der Waals surface area contributed by atoms with Crippen molar-refractivity contribution in [3.63, 3.8) is 0 Å². The van der Waals surface area contributed by atoms with Gasteiger partial charge in [0.2, 0.25) is 0 Å².